The second-order valence-corrected chi connectivity index (χ2v) is 13.0. The van der Waals surface area contributed by atoms with Crippen molar-refractivity contribution in [2.75, 3.05) is 54.9 Å². The zero-order valence-corrected chi connectivity index (χ0v) is 26.2. The zero-order chi connectivity index (χ0) is 33.2. The number of nitrogens with two attached hydrogens (primary N) is 1. The van der Waals surface area contributed by atoms with E-state index in [9.17, 15) is 23.1 Å². The molecular weight excluding hydrogens is 631 g/mol. The number of carbonyl (C=O) groups is 2. The maximum absolute atomic E-state index is 11.6. The van der Waals surface area contributed by atoms with Gasteiger partial charge in [0.2, 0.25) is 5.95 Å². The summed E-state index contributed by atoms with van der Waals surface area (Å²) in [5, 5.41) is 23.8. The molecule has 2 unspecified atom stereocenters. The van der Waals surface area contributed by atoms with Crippen molar-refractivity contribution in [3.63, 3.8) is 0 Å². The minimum absolute atomic E-state index is 0.207. The van der Waals surface area contributed by atoms with Crippen molar-refractivity contribution in [1.29, 1.82) is 0 Å². The van der Waals surface area contributed by atoms with Crippen molar-refractivity contribution in [2.45, 2.75) is 56.8 Å². The normalized spacial score (nSPS) is 27.0. The van der Waals surface area contributed by atoms with Gasteiger partial charge in [0.25, 0.3) is 0 Å². The Kier molecular flexibility index (Phi) is 10.0. The summed E-state index contributed by atoms with van der Waals surface area (Å²) in [7, 11) is 0. The van der Waals surface area contributed by atoms with Crippen LogP contribution in [0.25, 0.3) is 0 Å². The highest BCUT2D eigenvalue weighted by Gasteiger charge is 2.57. The molecule has 0 spiro atoms. The van der Waals surface area contributed by atoms with Crippen molar-refractivity contribution < 1.29 is 37.7 Å². The predicted octanol–water partition coefficient (Wildman–Crippen LogP) is 4.38. The van der Waals surface area contributed by atoms with E-state index in [2.05, 4.69) is 50.5 Å². The molecule has 2 atom stereocenters. The van der Waals surface area contributed by atoms with E-state index in [-0.39, 0.29) is 12.6 Å². The second kappa shape index (κ2) is 13.7. The highest BCUT2D eigenvalue weighted by atomic mass is 35.5. The van der Waals surface area contributed by atoms with E-state index >= 15 is 0 Å². The van der Waals surface area contributed by atoms with Crippen LogP contribution in [0.15, 0.2) is 24.4 Å². The Bertz CT molecular complexity index is 1410. The SMILES string of the molecule is Cc1cc(Nc2ncc(Cl)c(NC3C4CC5CC3CC(OC(N)=O)(C5)C4)n2)ccc1N1CCN(CCO)CC1.O=C(O)C(F)(F)F. The topological polar surface area (TPSA) is 166 Å². The van der Waals surface area contributed by atoms with Crippen LogP contribution in [0.5, 0.6) is 0 Å². The number of aromatic nitrogens is 2. The fraction of sp³-hybridized carbons (Fsp3) is 0.600. The number of benzene rings is 1. The molecule has 6 N–H and O–H groups in total. The summed E-state index contributed by atoms with van der Waals surface area (Å²) in [6.07, 6.45) is 0.713. The predicted molar refractivity (Wildman–Crippen MR) is 165 cm³/mol. The summed E-state index contributed by atoms with van der Waals surface area (Å²) in [6, 6.07) is 6.55. The Labute approximate surface area is 269 Å². The minimum Gasteiger partial charge on any atom is -0.475 e. The van der Waals surface area contributed by atoms with E-state index in [1.807, 2.05) is 0 Å². The third kappa shape index (κ3) is 7.86. The van der Waals surface area contributed by atoms with Gasteiger partial charge in [-0.3, -0.25) is 4.90 Å². The lowest BCUT2D eigenvalue weighted by molar-refractivity contribution is -0.192. The molecule has 2 aromatic rings. The van der Waals surface area contributed by atoms with Gasteiger partial charge < -0.3 is 36.2 Å². The molecule has 4 bridgehead atoms. The number of hydrogen-bond donors (Lipinski definition) is 5. The molecule has 2 heterocycles. The largest absolute Gasteiger partial charge is 0.490 e. The number of aryl methyl sites for hydroxylation is 1. The molecule has 1 aliphatic heterocycles. The van der Waals surface area contributed by atoms with Crippen LogP contribution in [0.2, 0.25) is 5.02 Å². The summed E-state index contributed by atoms with van der Waals surface area (Å²) in [5.74, 6) is -0.284. The average Bonchev–Trinajstić information content (AvgIpc) is 2.96. The van der Waals surface area contributed by atoms with Gasteiger partial charge in [-0.1, -0.05) is 11.6 Å². The average molecular weight is 670 g/mol. The number of anilines is 4. The highest BCUT2D eigenvalue weighted by Crippen LogP contribution is 2.57. The molecule has 4 aliphatic carbocycles. The molecule has 1 aromatic carbocycles. The summed E-state index contributed by atoms with van der Waals surface area (Å²) < 4.78 is 37.4. The van der Waals surface area contributed by atoms with Crippen molar-refractivity contribution in [3.05, 3.63) is 35.0 Å². The molecule has 7 rings (SSSR count). The zero-order valence-electron chi connectivity index (χ0n) is 25.4. The number of carbonyl (C=O) groups excluding carboxylic acids is 1. The summed E-state index contributed by atoms with van der Waals surface area (Å²) >= 11 is 6.55. The number of β-amino-alcohol motifs (C(OH)–C–C–N with tert-alkyl or cyclic N) is 1. The Hall–Kier alpha value is -3.56. The number of piperazine rings is 1. The van der Waals surface area contributed by atoms with E-state index in [1.54, 1.807) is 6.20 Å². The van der Waals surface area contributed by atoms with E-state index < -0.39 is 23.8 Å². The van der Waals surface area contributed by atoms with Gasteiger partial charge in [-0.25, -0.2) is 14.6 Å². The Morgan fingerprint density at radius 2 is 1.80 bits per heavy atom. The number of halogens is 4. The molecule has 5 aliphatic rings. The molecule has 0 radical (unpaired) electrons. The number of hydrogen-bond acceptors (Lipinski definition) is 10. The van der Waals surface area contributed by atoms with E-state index in [0.29, 0.717) is 34.5 Å². The standard InChI is InChI=1S/C28H38ClN7O3.C2HF3O2/c1-17-10-21(2-3-23(17)36-6-4-35(5-7-36)8-9-37)32-27-31-16-22(29)25(34-27)33-24-19-11-18-12-20(24)15-28(13-18,14-19)39-26(30)38;3-2(4,5)1(6)7/h2-3,10,16,18-20,24,37H,4-9,11-15H2,1H3,(H2,30,38)(H2,31,32,33,34);(H,6,7). The van der Waals surface area contributed by atoms with Crippen LogP contribution >= 0.6 is 11.6 Å². The number of aliphatic hydroxyl groups excluding tert-OH is 1. The lowest BCUT2D eigenvalue weighted by atomic mass is 9.52. The number of alkyl halides is 3. The molecule has 4 saturated carbocycles. The van der Waals surface area contributed by atoms with Crippen molar-refractivity contribution in [1.82, 2.24) is 14.9 Å². The van der Waals surface area contributed by atoms with Crippen molar-refractivity contribution in [2.24, 2.45) is 23.5 Å². The van der Waals surface area contributed by atoms with Gasteiger partial charge in [0, 0.05) is 50.1 Å². The number of carboxylic acids is 1. The quantitative estimate of drug-likeness (QED) is 0.271. The van der Waals surface area contributed by atoms with Crippen LogP contribution in [-0.4, -0.2) is 94.3 Å². The van der Waals surface area contributed by atoms with Gasteiger partial charge in [-0.15, -0.1) is 0 Å². The van der Waals surface area contributed by atoms with Crippen LogP contribution in [0.3, 0.4) is 0 Å². The first kappa shape index (κ1) is 33.8. The van der Waals surface area contributed by atoms with Crippen LogP contribution in [0.1, 0.15) is 37.7 Å². The summed E-state index contributed by atoms with van der Waals surface area (Å²) in [5.41, 5.74) is 8.34. The molecule has 46 heavy (non-hydrogen) atoms. The van der Waals surface area contributed by atoms with Gasteiger partial charge in [-0.05, 0) is 80.5 Å². The minimum atomic E-state index is -5.08. The number of nitrogens with one attached hydrogen (secondary N) is 2. The Balaban J connectivity index is 0.000000537. The van der Waals surface area contributed by atoms with Gasteiger partial charge in [0.15, 0.2) is 5.82 Å². The Morgan fingerprint density at radius 3 is 2.37 bits per heavy atom. The van der Waals surface area contributed by atoms with Crippen LogP contribution < -0.4 is 21.3 Å². The lowest BCUT2D eigenvalue weighted by Crippen LogP contribution is -2.60. The maximum Gasteiger partial charge on any atom is 0.490 e. The first-order valence-electron chi connectivity index (χ1n) is 15.3. The monoisotopic (exact) mass is 669 g/mol. The maximum atomic E-state index is 11.6. The number of aliphatic hydroxyl groups is 1. The Morgan fingerprint density at radius 1 is 1.15 bits per heavy atom. The van der Waals surface area contributed by atoms with Gasteiger partial charge >= 0.3 is 18.2 Å². The van der Waals surface area contributed by atoms with E-state index in [1.165, 1.54) is 11.3 Å². The molecule has 252 valence electrons. The van der Waals surface area contributed by atoms with Crippen LogP contribution in [0, 0.1) is 24.7 Å². The van der Waals surface area contributed by atoms with Gasteiger partial charge in [0.05, 0.1) is 12.8 Å². The molecular formula is C30H39ClF3N7O5. The number of carboxylic acid groups (broad SMARTS) is 1. The number of rotatable bonds is 8. The number of primary amides is 1. The number of ether oxygens (including phenoxy) is 1. The van der Waals surface area contributed by atoms with Crippen LogP contribution in [0.4, 0.5) is 41.1 Å². The molecule has 12 nitrogen and oxygen atoms in total. The van der Waals surface area contributed by atoms with Crippen molar-refractivity contribution in [3.8, 4) is 0 Å². The van der Waals surface area contributed by atoms with Gasteiger partial charge in [-0.2, -0.15) is 18.2 Å². The first-order valence-corrected chi connectivity index (χ1v) is 15.7. The van der Waals surface area contributed by atoms with Crippen LogP contribution in [-0.2, 0) is 9.53 Å². The summed E-state index contributed by atoms with van der Waals surface area (Å²) in [6.45, 7) is 6.87. The molecule has 16 heteroatoms. The van der Waals surface area contributed by atoms with E-state index in [0.717, 1.165) is 70.5 Å². The second-order valence-electron chi connectivity index (χ2n) is 12.6. The van der Waals surface area contributed by atoms with E-state index in [4.69, 9.17) is 37.0 Å². The fourth-order valence-electron chi connectivity index (χ4n) is 7.78. The fourth-order valence-corrected chi connectivity index (χ4v) is 7.93. The third-order valence-corrected chi connectivity index (χ3v) is 9.68. The highest BCUT2D eigenvalue weighted by molar-refractivity contribution is 6.32. The molecule has 1 saturated heterocycles. The number of nitrogens with zero attached hydrogens (tertiary/aromatic N) is 4. The van der Waals surface area contributed by atoms with Gasteiger partial charge in [0.1, 0.15) is 10.6 Å². The number of aliphatic carboxylic acids is 1. The summed E-state index contributed by atoms with van der Waals surface area (Å²) in [4.78, 5) is 34.3. The third-order valence-electron chi connectivity index (χ3n) is 9.41. The number of amides is 1. The molecule has 5 fully saturated rings. The first-order chi connectivity index (χ1) is 21.7. The molecule has 1 amide bonds. The lowest BCUT2D eigenvalue weighted by Gasteiger charge is -2.59. The van der Waals surface area contributed by atoms with Crippen molar-refractivity contribution >= 4 is 46.8 Å². The smallest absolute Gasteiger partial charge is 0.475 e. The molecule has 1 aromatic heterocycles.